The number of anilines is 2. The first-order valence-electron chi connectivity index (χ1n) is 13.9. The molecule has 2 aromatic carbocycles. The lowest BCUT2D eigenvalue weighted by atomic mass is 9.72. The third-order valence-electron chi connectivity index (χ3n) is 7.56. The molecule has 1 aliphatic carbocycles. The maximum atomic E-state index is 13.5. The molecule has 0 amide bonds. The van der Waals surface area contributed by atoms with Gasteiger partial charge in [-0.05, 0) is 65.7 Å². The average Bonchev–Trinajstić information content (AvgIpc) is 2.91. The van der Waals surface area contributed by atoms with Gasteiger partial charge in [0.25, 0.3) is 5.69 Å². The number of carbonyl (C=O) groups is 1. The molecular formula is C30H34BrN5O5S. The first-order chi connectivity index (χ1) is 20.0. The number of hydrogen-bond acceptors (Lipinski definition) is 8. The smallest absolute Gasteiger partial charge is 0.274 e. The van der Waals surface area contributed by atoms with Crippen molar-refractivity contribution >= 4 is 48.8 Å². The SMILES string of the molecule is CCCC1CC(=O)C2=C(C1)NC(C)=C(C#N)C2c1cc(Br)c(NCc2ccccc2[N+](=O)[O-])c(NS(=O)(=O)CCC)c1. The zero-order valence-electron chi connectivity index (χ0n) is 23.8. The molecule has 0 aromatic heterocycles. The molecule has 1 aliphatic heterocycles. The van der Waals surface area contributed by atoms with Crippen molar-refractivity contribution in [3.05, 3.63) is 84.7 Å². The van der Waals surface area contributed by atoms with Crippen molar-refractivity contribution in [2.24, 2.45) is 5.92 Å². The Morgan fingerprint density at radius 3 is 2.60 bits per heavy atom. The van der Waals surface area contributed by atoms with Gasteiger partial charge in [0.15, 0.2) is 5.78 Å². The minimum absolute atomic E-state index is 0.0183. The average molecular weight is 657 g/mol. The second-order valence-electron chi connectivity index (χ2n) is 10.7. The molecule has 0 radical (unpaired) electrons. The predicted molar refractivity (Wildman–Crippen MR) is 166 cm³/mol. The van der Waals surface area contributed by atoms with Gasteiger partial charge in [0.1, 0.15) is 0 Å². The summed E-state index contributed by atoms with van der Waals surface area (Å²) in [4.78, 5) is 24.6. The minimum Gasteiger partial charge on any atom is -0.378 e. The molecule has 0 bridgehead atoms. The molecule has 2 aliphatic rings. The highest BCUT2D eigenvalue weighted by molar-refractivity contribution is 9.10. The molecule has 222 valence electrons. The molecule has 12 heteroatoms. The summed E-state index contributed by atoms with van der Waals surface area (Å²) in [6, 6.07) is 12.0. The largest absolute Gasteiger partial charge is 0.378 e. The van der Waals surface area contributed by atoms with E-state index in [2.05, 4.69) is 44.3 Å². The molecule has 2 aromatic rings. The number of nitrogens with zero attached hydrogens (tertiary/aromatic N) is 2. The van der Waals surface area contributed by atoms with Gasteiger partial charge in [-0.3, -0.25) is 19.6 Å². The molecule has 0 spiro atoms. The fraction of sp³-hybridized carbons (Fsp3) is 0.400. The number of allylic oxidation sites excluding steroid dienone is 4. The molecule has 3 N–H and O–H groups in total. The van der Waals surface area contributed by atoms with Crippen LogP contribution in [0.15, 0.2) is 63.4 Å². The first-order valence-corrected chi connectivity index (χ1v) is 16.4. The standard InChI is InChI=1S/C30H34BrN5O5S/c1-4-8-19-12-24-29(27(37)13-19)28(22(16-32)18(3)34-24)21-14-23(31)30(25(15-21)35-42(40,41)11-5-2)33-17-20-9-6-7-10-26(20)36(38)39/h6-7,9-10,14-15,19,28,33-35H,4-5,8,11-13,17H2,1-3H3. The Kier molecular flexibility index (Phi) is 9.74. The number of nitrogens with one attached hydrogen (secondary N) is 3. The summed E-state index contributed by atoms with van der Waals surface area (Å²) < 4.78 is 29.0. The van der Waals surface area contributed by atoms with Crippen LogP contribution < -0.4 is 15.4 Å². The molecule has 1 heterocycles. The summed E-state index contributed by atoms with van der Waals surface area (Å²) in [5, 5.41) is 28.2. The van der Waals surface area contributed by atoms with E-state index in [0.717, 1.165) is 18.5 Å². The van der Waals surface area contributed by atoms with E-state index in [4.69, 9.17) is 0 Å². The van der Waals surface area contributed by atoms with E-state index in [0.29, 0.717) is 57.4 Å². The summed E-state index contributed by atoms with van der Waals surface area (Å²) in [5.41, 5.74) is 3.96. The number of para-hydroxylation sites is 1. The number of ketones is 1. The summed E-state index contributed by atoms with van der Waals surface area (Å²) in [6.07, 6.45) is 3.39. The highest BCUT2D eigenvalue weighted by Crippen LogP contribution is 2.46. The van der Waals surface area contributed by atoms with Crippen molar-refractivity contribution in [3.63, 3.8) is 0 Å². The van der Waals surface area contributed by atoms with Crippen LogP contribution in [0.2, 0.25) is 0 Å². The third kappa shape index (κ3) is 6.68. The third-order valence-corrected chi connectivity index (χ3v) is 9.66. The predicted octanol–water partition coefficient (Wildman–Crippen LogP) is 6.64. The number of hydrogen-bond donors (Lipinski definition) is 3. The van der Waals surface area contributed by atoms with Gasteiger partial charge in [-0.1, -0.05) is 38.5 Å². The molecule has 0 saturated heterocycles. The van der Waals surface area contributed by atoms with E-state index in [1.54, 1.807) is 37.3 Å². The Labute approximate surface area is 254 Å². The Morgan fingerprint density at radius 1 is 1.19 bits per heavy atom. The number of nitro groups is 1. The second kappa shape index (κ2) is 13.1. The molecule has 0 saturated carbocycles. The molecule has 2 atom stereocenters. The van der Waals surface area contributed by atoms with Crippen LogP contribution >= 0.6 is 15.9 Å². The lowest BCUT2D eigenvalue weighted by Crippen LogP contribution is -2.34. The van der Waals surface area contributed by atoms with Gasteiger partial charge >= 0.3 is 0 Å². The highest BCUT2D eigenvalue weighted by Gasteiger charge is 2.39. The zero-order chi connectivity index (χ0) is 30.6. The van der Waals surface area contributed by atoms with Gasteiger partial charge in [0.05, 0.1) is 39.6 Å². The van der Waals surface area contributed by atoms with E-state index >= 15 is 0 Å². The van der Waals surface area contributed by atoms with Gasteiger partial charge in [0, 0.05) is 46.0 Å². The molecule has 2 unspecified atom stereocenters. The van der Waals surface area contributed by atoms with E-state index in [1.807, 2.05) is 6.92 Å². The van der Waals surface area contributed by atoms with Crippen molar-refractivity contribution in [1.29, 1.82) is 5.26 Å². The molecule has 4 rings (SSSR count). The van der Waals surface area contributed by atoms with Crippen molar-refractivity contribution in [2.75, 3.05) is 15.8 Å². The normalized spacial score (nSPS) is 18.7. The van der Waals surface area contributed by atoms with Crippen molar-refractivity contribution in [1.82, 2.24) is 5.32 Å². The van der Waals surface area contributed by atoms with E-state index < -0.39 is 20.9 Å². The number of rotatable bonds is 11. The molecule has 10 nitrogen and oxygen atoms in total. The summed E-state index contributed by atoms with van der Waals surface area (Å²) in [6.45, 7) is 5.72. The second-order valence-corrected chi connectivity index (χ2v) is 13.4. The molecule has 42 heavy (non-hydrogen) atoms. The number of dihydropyridines is 1. The zero-order valence-corrected chi connectivity index (χ0v) is 26.2. The minimum atomic E-state index is -3.74. The topological polar surface area (TPSA) is 154 Å². The lowest BCUT2D eigenvalue weighted by Gasteiger charge is -2.36. The number of nitriles is 1. The molecule has 0 fully saturated rings. The van der Waals surface area contributed by atoms with Crippen LogP contribution in [0.1, 0.15) is 69.9 Å². The number of halogens is 1. The van der Waals surface area contributed by atoms with Crippen molar-refractivity contribution < 1.29 is 18.1 Å². The summed E-state index contributed by atoms with van der Waals surface area (Å²) >= 11 is 3.58. The number of benzene rings is 2. The summed E-state index contributed by atoms with van der Waals surface area (Å²) in [5.74, 6) is -0.574. The fourth-order valence-corrected chi connectivity index (χ4v) is 7.53. The fourth-order valence-electron chi connectivity index (χ4n) is 5.78. The van der Waals surface area contributed by atoms with Gasteiger partial charge in [-0.25, -0.2) is 8.42 Å². The van der Waals surface area contributed by atoms with Crippen LogP contribution in [-0.4, -0.2) is 24.9 Å². The lowest BCUT2D eigenvalue weighted by molar-refractivity contribution is -0.385. The Hall–Kier alpha value is -3.69. The van der Waals surface area contributed by atoms with Gasteiger partial charge < -0.3 is 10.6 Å². The van der Waals surface area contributed by atoms with Crippen molar-refractivity contribution in [3.8, 4) is 6.07 Å². The number of carbonyl (C=O) groups excluding carboxylic acids is 1. The molecular weight excluding hydrogens is 622 g/mol. The van der Waals surface area contributed by atoms with Crippen LogP contribution in [0, 0.1) is 27.4 Å². The van der Waals surface area contributed by atoms with Crippen LogP contribution in [-0.2, 0) is 21.4 Å². The van der Waals surface area contributed by atoms with E-state index in [-0.39, 0.29) is 35.4 Å². The first kappa shape index (κ1) is 31.3. The van der Waals surface area contributed by atoms with Crippen molar-refractivity contribution in [2.45, 2.75) is 65.3 Å². The Bertz CT molecular complexity index is 1630. The number of Topliss-reactive ketones (excluding diaryl/α,β-unsaturated/α-hetero) is 1. The highest BCUT2D eigenvalue weighted by atomic mass is 79.9. The van der Waals surface area contributed by atoms with E-state index in [9.17, 15) is 28.6 Å². The monoisotopic (exact) mass is 655 g/mol. The quantitative estimate of drug-likeness (QED) is 0.180. The van der Waals surface area contributed by atoms with Crippen LogP contribution in [0.4, 0.5) is 17.1 Å². The number of sulfonamides is 1. The van der Waals surface area contributed by atoms with Gasteiger partial charge in [-0.2, -0.15) is 5.26 Å². The maximum absolute atomic E-state index is 13.5. The van der Waals surface area contributed by atoms with Gasteiger partial charge in [0.2, 0.25) is 10.0 Å². The number of nitro benzene ring substituents is 1. The summed E-state index contributed by atoms with van der Waals surface area (Å²) in [7, 11) is -3.74. The van der Waals surface area contributed by atoms with E-state index in [1.165, 1.54) is 6.07 Å². The van der Waals surface area contributed by atoms with Crippen LogP contribution in [0.5, 0.6) is 0 Å². The van der Waals surface area contributed by atoms with Gasteiger partial charge in [-0.15, -0.1) is 0 Å². The maximum Gasteiger partial charge on any atom is 0.274 e. The Balaban J connectivity index is 1.83. The van der Waals surface area contributed by atoms with Crippen LogP contribution in [0.3, 0.4) is 0 Å². The Morgan fingerprint density at radius 2 is 1.93 bits per heavy atom. The van der Waals surface area contributed by atoms with Crippen LogP contribution in [0.25, 0.3) is 0 Å².